The van der Waals surface area contributed by atoms with E-state index in [1.54, 1.807) is 0 Å². The molecular formula is C17H23NO3. The van der Waals surface area contributed by atoms with Gasteiger partial charge in [0.25, 0.3) is 0 Å². The number of carbonyl (C=O) groups excluding carboxylic acids is 1. The fraction of sp³-hybridized carbons (Fsp3) is 0.529. The molecule has 0 spiro atoms. The van der Waals surface area contributed by atoms with Crippen molar-refractivity contribution in [2.24, 2.45) is 5.41 Å². The van der Waals surface area contributed by atoms with Gasteiger partial charge in [-0.2, -0.15) is 0 Å². The zero-order valence-electron chi connectivity index (χ0n) is 12.7. The number of aliphatic carboxylic acids is 1. The Morgan fingerprint density at radius 3 is 2.38 bits per heavy atom. The molecule has 1 aromatic carbocycles. The van der Waals surface area contributed by atoms with Gasteiger partial charge in [-0.25, -0.2) is 0 Å². The summed E-state index contributed by atoms with van der Waals surface area (Å²) < 4.78 is 0. The maximum atomic E-state index is 11.9. The Kier molecular flexibility index (Phi) is 4.66. The molecule has 1 saturated carbocycles. The summed E-state index contributed by atoms with van der Waals surface area (Å²) in [6, 6.07) is 8.31. The maximum absolute atomic E-state index is 11.9. The summed E-state index contributed by atoms with van der Waals surface area (Å²) >= 11 is 0. The van der Waals surface area contributed by atoms with Gasteiger partial charge in [0.15, 0.2) is 0 Å². The second-order valence-electron chi connectivity index (χ2n) is 6.06. The van der Waals surface area contributed by atoms with Gasteiger partial charge < -0.3 is 10.4 Å². The quantitative estimate of drug-likeness (QED) is 0.811. The first kappa shape index (κ1) is 15.5. The maximum Gasteiger partial charge on any atom is 0.311 e. The van der Waals surface area contributed by atoms with Crippen molar-refractivity contribution in [2.75, 3.05) is 6.54 Å². The average Bonchev–Trinajstić information content (AvgIpc) is 3.26. The summed E-state index contributed by atoms with van der Waals surface area (Å²) in [4.78, 5) is 23.0. The lowest BCUT2D eigenvalue weighted by Gasteiger charge is -2.15. The van der Waals surface area contributed by atoms with Crippen molar-refractivity contribution in [3.05, 3.63) is 35.4 Å². The van der Waals surface area contributed by atoms with Gasteiger partial charge in [-0.05, 0) is 36.3 Å². The number of benzene rings is 1. The topological polar surface area (TPSA) is 66.4 Å². The fourth-order valence-corrected chi connectivity index (χ4v) is 2.43. The minimum absolute atomic E-state index is 0.0745. The van der Waals surface area contributed by atoms with Gasteiger partial charge >= 0.3 is 5.97 Å². The standard InChI is InChI=1S/C17H23NO3/c1-3-13-4-6-14(7-5-13)12(2)10-15(19)18-11-17(8-9-17)16(20)21/h4-7,12H,3,8-11H2,1-2H3,(H,18,19)(H,20,21). The molecule has 1 aromatic rings. The lowest BCUT2D eigenvalue weighted by Crippen LogP contribution is -2.34. The van der Waals surface area contributed by atoms with Crippen LogP contribution in [0.2, 0.25) is 0 Å². The SMILES string of the molecule is CCc1ccc(C(C)CC(=O)NCC2(C(=O)O)CC2)cc1. The minimum atomic E-state index is -0.800. The largest absolute Gasteiger partial charge is 0.481 e. The number of rotatable bonds is 7. The van der Waals surface area contributed by atoms with Crippen LogP contribution < -0.4 is 5.32 Å². The Labute approximate surface area is 125 Å². The molecule has 0 bridgehead atoms. The van der Waals surface area contributed by atoms with E-state index in [-0.39, 0.29) is 18.4 Å². The zero-order valence-corrected chi connectivity index (χ0v) is 12.7. The van der Waals surface area contributed by atoms with Crippen molar-refractivity contribution < 1.29 is 14.7 Å². The van der Waals surface area contributed by atoms with Crippen molar-refractivity contribution in [3.8, 4) is 0 Å². The number of aryl methyl sites for hydroxylation is 1. The third kappa shape index (κ3) is 3.84. The number of carboxylic acid groups (broad SMARTS) is 1. The molecule has 1 fully saturated rings. The van der Waals surface area contributed by atoms with Gasteiger partial charge in [0.05, 0.1) is 5.41 Å². The number of nitrogens with one attached hydrogen (secondary N) is 1. The molecule has 1 unspecified atom stereocenters. The number of amides is 1. The van der Waals surface area contributed by atoms with Crippen molar-refractivity contribution in [1.29, 1.82) is 0 Å². The smallest absolute Gasteiger partial charge is 0.311 e. The monoisotopic (exact) mass is 289 g/mol. The summed E-state index contributed by atoms with van der Waals surface area (Å²) in [7, 11) is 0. The van der Waals surface area contributed by atoms with E-state index in [0.29, 0.717) is 19.3 Å². The van der Waals surface area contributed by atoms with Gasteiger partial charge in [-0.1, -0.05) is 38.1 Å². The van der Waals surface area contributed by atoms with Gasteiger partial charge in [-0.3, -0.25) is 9.59 Å². The molecule has 0 radical (unpaired) electrons. The third-order valence-corrected chi connectivity index (χ3v) is 4.38. The molecule has 1 aliphatic rings. The van der Waals surface area contributed by atoms with Crippen LogP contribution >= 0.6 is 0 Å². The molecule has 21 heavy (non-hydrogen) atoms. The fourth-order valence-electron chi connectivity index (χ4n) is 2.43. The highest BCUT2D eigenvalue weighted by Gasteiger charge is 2.50. The van der Waals surface area contributed by atoms with Crippen LogP contribution in [0.5, 0.6) is 0 Å². The van der Waals surface area contributed by atoms with E-state index >= 15 is 0 Å². The van der Waals surface area contributed by atoms with Crippen LogP contribution in [0.15, 0.2) is 24.3 Å². The molecule has 4 nitrogen and oxygen atoms in total. The molecule has 114 valence electrons. The van der Waals surface area contributed by atoms with Crippen LogP contribution in [0.3, 0.4) is 0 Å². The van der Waals surface area contributed by atoms with Gasteiger partial charge in [0, 0.05) is 13.0 Å². The van der Waals surface area contributed by atoms with Gasteiger partial charge in [0.2, 0.25) is 5.91 Å². The van der Waals surface area contributed by atoms with Crippen LogP contribution in [0.1, 0.15) is 50.2 Å². The summed E-state index contributed by atoms with van der Waals surface area (Å²) in [5, 5.41) is 11.8. The highest BCUT2D eigenvalue weighted by Crippen LogP contribution is 2.45. The van der Waals surface area contributed by atoms with E-state index in [4.69, 9.17) is 5.11 Å². The Bertz CT molecular complexity index is 517. The van der Waals surface area contributed by atoms with Crippen molar-refractivity contribution >= 4 is 11.9 Å². The molecule has 1 atom stereocenters. The van der Waals surface area contributed by atoms with E-state index in [2.05, 4.69) is 36.5 Å². The molecule has 2 N–H and O–H groups in total. The second kappa shape index (κ2) is 6.29. The predicted molar refractivity (Wildman–Crippen MR) is 81.2 cm³/mol. The van der Waals surface area contributed by atoms with Crippen LogP contribution in [0.4, 0.5) is 0 Å². The number of carbonyl (C=O) groups is 2. The normalized spacial score (nSPS) is 17.0. The minimum Gasteiger partial charge on any atom is -0.481 e. The Balaban J connectivity index is 1.82. The summed E-state index contributed by atoms with van der Waals surface area (Å²) in [5.41, 5.74) is 1.73. The van der Waals surface area contributed by atoms with Crippen molar-refractivity contribution in [3.63, 3.8) is 0 Å². The Hall–Kier alpha value is -1.84. The first-order valence-electron chi connectivity index (χ1n) is 7.56. The molecule has 2 rings (SSSR count). The van der Waals surface area contributed by atoms with Crippen LogP contribution in [0.25, 0.3) is 0 Å². The average molecular weight is 289 g/mol. The van der Waals surface area contributed by atoms with Crippen LogP contribution in [-0.4, -0.2) is 23.5 Å². The molecule has 4 heteroatoms. The van der Waals surface area contributed by atoms with Crippen LogP contribution in [0, 0.1) is 5.41 Å². The molecule has 1 aliphatic carbocycles. The third-order valence-electron chi connectivity index (χ3n) is 4.38. The van der Waals surface area contributed by atoms with Gasteiger partial charge in [0.1, 0.15) is 0 Å². The molecule has 0 heterocycles. The zero-order chi connectivity index (χ0) is 15.5. The van der Waals surface area contributed by atoms with E-state index in [1.807, 2.05) is 6.92 Å². The number of hydrogen-bond donors (Lipinski definition) is 2. The molecule has 0 saturated heterocycles. The van der Waals surface area contributed by atoms with E-state index < -0.39 is 11.4 Å². The van der Waals surface area contributed by atoms with E-state index in [1.165, 1.54) is 5.56 Å². The summed E-state index contributed by atoms with van der Waals surface area (Å²) in [5.74, 6) is -0.739. The first-order chi connectivity index (χ1) is 9.97. The number of hydrogen-bond acceptors (Lipinski definition) is 2. The summed E-state index contributed by atoms with van der Waals surface area (Å²) in [6.07, 6.45) is 2.72. The lowest BCUT2D eigenvalue weighted by molar-refractivity contribution is -0.143. The van der Waals surface area contributed by atoms with E-state index in [0.717, 1.165) is 12.0 Å². The van der Waals surface area contributed by atoms with Crippen molar-refractivity contribution in [2.45, 2.75) is 45.4 Å². The molecular weight excluding hydrogens is 266 g/mol. The lowest BCUT2D eigenvalue weighted by atomic mass is 9.96. The van der Waals surface area contributed by atoms with Crippen LogP contribution in [-0.2, 0) is 16.0 Å². The second-order valence-corrected chi connectivity index (χ2v) is 6.06. The first-order valence-corrected chi connectivity index (χ1v) is 7.56. The summed E-state index contributed by atoms with van der Waals surface area (Å²) in [6.45, 7) is 4.38. The Morgan fingerprint density at radius 1 is 1.29 bits per heavy atom. The van der Waals surface area contributed by atoms with Gasteiger partial charge in [-0.15, -0.1) is 0 Å². The van der Waals surface area contributed by atoms with Crippen molar-refractivity contribution in [1.82, 2.24) is 5.32 Å². The number of carboxylic acids is 1. The van der Waals surface area contributed by atoms with E-state index in [9.17, 15) is 9.59 Å². The highest BCUT2D eigenvalue weighted by atomic mass is 16.4. The Morgan fingerprint density at radius 2 is 1.90 bits per heavy atom. The molecule has 1 amide bonds. The highest BCUT2D eigenvalue weighted by molar-refractivity contribution is 5.81. The molecule has 0 aliphatic heterocycles. The predicted octanol–water partition coefficient (Wildman–Crippen LogP) is 2.72. The molecule has 0 aromatic heterocycles.